The number of methoxy groups -OCH3 is 2. The second-order valence-corrected chi connectivity index (χ2v) is 30.6. The van der Waals surface area contributed by atoms with E-state index in [4.69, 9.17) is 53.7 Å². The largest absolute Gasteiger partial charge is 0.458 e. The minimum Gasteiger partial charge on any atom is -0.458 e. The van der Waals surface area contributed by atoms with Crippen molar-refractivity contribution in [1.29, 1.82) is 0 Å². The predicted octanol–water partition coefficient (Wildman–Crippen LogP) is 10.8. The molecule has 0 spiro atoms. The molecule has 5 rings (SSSR count). The van der Waals surface area contributed by atoms with Crippen molar-refractivity contribution in [3.8, 4) is 0 Å². The van der Waals surface area contributed by atoms with Gasteiger partial charge < -0.3 is 68.2 Å². The molecule has 5 fully saturated rings. The zero-order valence-corrected chi connectivity index (χ0v) is 64.3. The first kappa shape index (κ1) is 89.4. The Morgan fingerprint density at radius 3 is 1.88 bits per heavy atom. The van der Waals surface area contributed by atoms with Crippen molar-refractivity contribution in [2.24, 2.45) is 45.7 Å². The van der Waals surface area contributed by atoms with Crippen LogP contribution in [0.1, 0.15) is 202 Å². The number of ether oxygens (including phenoxy) is 9. The van der Waals surface area contributed by atoms with Crippen LogP contribution in [-0.2, 0) is 61.8 Å². The number of rotatable bonds is 32. The number of carbonyl (C=O) groups excluding carboxylic acids is 6. The van der Waals surface area contributed by atoms with Gasteiger partial charge in [-0.1, -0.05) is 73.0 Å². The lowest BCUT2D eigenvalue weighted by Crippen LogP contribution is -2.60. The number of nitrogens with zero attached hydrogens (tertiary/aromatic N) is 10. The minimum atomic E-state index is -1.18. The van der Waals surface area contributed by atoms with Crippen molar-refractivity contribution < 1.29 is 76.5 Å². The van der Waals surface area contributed by atoms with Crippen molar-refractivity contribution in [2.45, 2.75) is 310 Å². The average Bonchev–Trinajstić information content (AvgIpc) is 1.59. The molecule has 0 aromatic carbocycles. The highest BCUT2D eigenvalue weighted by molar-refractivity contribution is 5.99. The van der Waals surface area contributed by atoms with Crippen molar-refractivity contribution in [1.82, 2.24) is 30.2 Å². The Labute approximate surface area is 598 Å². The molecule has 0 saturated carbocycles. The third kappa shape index (κ3) is 23.1. The zero-order chi connectivity index (χ0) is 74.7. The van der Waals surface area contributed by atoms with Gasteiger partial charge in [0.15, 0.2) is 23.8 Å². The summed E-state index contributed by atoms with van der Waals surface area (Å²) in [6.45, 7) is 35.3. The van der Waals surface area contributed by atoms with Crippen LogP contribution in [0.4, 0.5) is 9.59 Å². The summed E-state index contributed by atoms with van der Waals surface area (Å²) in [5, 5.41) is 25.5. The van der Waals surface area contributed by atoms with Gasteiger partial charge in [0, 0.05) is 98.1 Å². The second kappa shape index (κ2) is 40.5. The van der Waals surface area contributed by atoms with Gasteiger partial charge in [0.2, 0.25) is 0 Å². The molecule has 2 amide bonds. The molecule has 5 aliphatic heterocycles. The number of unbranched alkanes of at least 4 members (excludes halogenated alkanes) is 2. The summed E-state index contributed by atoms with van der Waals surface area (Å²) in [5.41, 5.74) is 13.1. The van der Waals surface area contributed by atoms with Crippen LogP contribution in [-0.4, -0.2) is 250 Å². The Hall–Kier alpha value is -4.80. The maximum Gasteiger partial charge on any atom is 0.410 e. The number of ketones is 3. The van der Waals surface area contributed by atoms with E-state index in [-0.39, 0.29) is 91.2 Å². The third-order valence-electron chi connectivity index (χ3n) is 21.9. The SMILES string of the molecule is C.CC[C@@H](O)[C@@]1(C)OC(=O)N(CCCCN=[N+]=[N-])[C@@H]1[C@@H](C)NC[C@H](C)C[C@@](C)(OC)[C@H](O[C@@H]1OC(C)CC(N(C)C)C1C)[C@@H](C)C(=O)CC(C)=O.CC[C@H]1OC(=O)CC(=O)[C@H](C)[C@@H](O[C@@H]2OC(C)CC(N(C)C)C2C)[C@](C)(OC)C[C@@H](C)CN[C@H](C)[C@H]2N(CCCCN=[N+]=[N-])C(=O)O[C@]12C. The highest BCUT2D eigenvalue weighted by atomic mass is 16.7. The minimum absolute atomic E-state index is 0. The van der Waals surface area contributed by atoms with Crippen LogP contribution >= 0.6 is 0 Å². The molecule has 0 bridgehead atoms. The Balaban J connectivity index is 0.000000515. The summed E-state index contributed by atoms with van der Waals surface area (Å²) in [7, 11) is 11.5. The summed E-state index contributed by atoms with van der Waals surface area (Å²) in [4.78, 5) is 92.7. The topological polar surface area (TPSA) is 340 Å². The molecule has 28 nitrogen and oxygen atoms in total. The van der Waals surface area contributed by atoms with Crippen LogP contribution in [0.5, 0.6) is 0 Å². The van der Waals surface area contributed by atoms with Crippen LogP contribution < -0.4 is 10.6 Å². The molecule has 24 atom stereocenters. The molecule has 100 heavy (non-hydrogen) atoms. The summed E-state index contributed by atoms with van der Waals surface area (Å²) in [5.74, 6) is -2.66. The Bertz CT molecular complexity index is 2710. The first-order valence-electron chi connectivity index (χ1n) is 36.3. The molecule has 0 aromatic rings. The van der Waals surface area contributed by atoms with E-state index in [2.05, 4.69) is 82.3 Å². The number of amides is 2. The van der Waals surface area contributed by atoms with Gasteiger partial charge in [0.1, 0.15) is 29.9 Å². The van der Waals surface area contributed by atoms with E-state index < -0.39 is 108 Å². The summed E-state index contributed by atoms with van der Waals surface area (Å²) in [6.07, 6.45) is 0.103. The molecule has 576 valence electrons. The smallest absolute Gasteiger partial charge is 0.410 e. The fourth-order valence-corrected chi connectivity index (χ4v) is 16.2. The lowest BCUT2D eigenvalue weighted by atomic mass is 9.79. The maximum absolute atomic E-state index is 13.9. The lowest BCUT2D eigenvalue weighted by Gasteiger charge is -2.47. The molecule has 3 N–H and O–H groups in total. The predicted molar refractivity (Wildman–Crippen MR) is 383 cm³/mol. The van der Waals surface area contributed by atoms with Gasteiger partial charge in [-0.05, 0) is 191 Å². The number of aliphatic hydroxyl groups is 1. The number of esters is 1. The number of cyclic esters (lactones) is 2. The van der Waals surface area contributed by atoms with Crippen LogP contribution in [0.2, 0.25) is 0 Å². The molecule has 0 aliphatic carbocycles. The number of carbonyl (C=O) groups is 6. The molecule has 5 saturated heterocycles. The second-order valence-electron chi connectivity index (χ2n) is 30.6. The van der Waals surface area contributed by atoms with Crippen molar-refractivity contribution in [2.75, 3.05) is 81.7 Å². The fourth-order valence-electron chi connectivity index (χ4n) is 16.2. The number of aliphatic hydroxyl groups excluding tert-OH is 1. The van der Waals surface area contributed by atoms with Crippen molar-refractivity contribution >= 4 is 35.5 Å². The van der Waals surface area contributed by atoms with E-state index in [0.29, 0.717) is 90.6 Å². The Morgan fingerprint density at radius 1 is 0.830 bits per heavy atom. The number of hydrogen-bond donors (Lipinski definition) is 3. The van der Waals surface area contributed by atoms with Crippen LogP contribution in [0.3, 0.4) is 0 Å². The van der Waals surface area contributed by atoms with Crippen molar-refractivity contribution in [3.05, 3.63) is 20.9 Å². The van der Waals surface area contributed by atoms with Crippen LogP contribution in [0.15, 0.2) is 10.2 Å². The summed E-state index contributed by atoms with van der Waals surface area (Å²) in [6, 6.07) is -1.00. The Morgan fingerprint density at radius 2 is 1.37 bits per heavy atom. The lowest BCUT2D eigenvalue weighted by molar-refractivity contribution is -0.280. The first-order chi connectivity index (χ1) is 46.4. The summed E-state index contributed by atoms with van der Waals surface area (Å²) < 4.78 is 56.7. The van der Waals surface area contributed by atoms with Gasteiger partial charge in [0.05, 0.1) is 60.2 Å². The molecule has 6 unspecified atom stereocenters. The van der Waals surface area contributed by atoms with E-state index in [0.717, 1.165) is 12.8 Å². The van der Waals surface area contributed by atoms with Gasteiger partial charge in [-0.15, -0.1) is 0 Å². The number of Topliss-reactive ketones (excluding diaryl/α,β-unsaturated/α-hetero) is 3. The van der Waals surface area contributed by atoms with Gasteiger partial charge in [-0.25, -0.2) is 9.59 Å². The first-order valence-corrected chi connectivity index (χ1v) is 36.3. The average molecular weight is 1420 g/mol. The van der Waals surface area contributed by atoms with Gasteiger partial charge in [-0.3, -0.25) is 29.0 Å². The highest BCUT2D eigenvalue weighted by Gasteiger charge is 2.60. The maximum atomic E-state index is 13.9. The monoisotopic (exact) mass is 1420 g/mol. The van der Waals surface area contributed by atoms with Gasteiger partial charge in [0.25, 0.3) is 0 Å². The quantitative estimate of drug-likeness (QED) is 0.0107. The molecule has 28 heteroatoms. The molecular formula is C72H132N12O16. The van der Waals surface area contributed by atoms with Crippen molar-refractivity contribution in [3.63, 3.8) is 0 Å². The Kier molecular flexibility index (Phi) is 36.2. The van der Waals surface area contributed by atoms with E-state index in [1.807, 2.05) is 69.5 Å². The zero-order valence-electron chi connectivity index (χ0n) is 64.3. The number of hydrogen-bond acceptors (Lipinski definition) is 22. The van der Waals surface area contributed by atoms with E-state index in [1.54, 1.807) is 51.7 Å². The number of nitrogens with one attached hydrogen (secondary N) is 2. The molecule has 0 radical (unpaired) electrons. The van der Waals surface area contributed by atoms with Gasteiger partial charge in [-0.2, -0.15) is 0 Å². The van der Waals surface area contributed by atoms with E-state index >= 15 is 0 Å². The van der Waals surface area contributed by atoms with Crippen LogP contribution in [0, 0.1) is 35.5 Å². The van der Waals surface area contributed by atoms with E-state index in [1.165, 1.54) is 6.92 Å². The molecular weight excluding hydrogens is 1290 g/mol. The molecule has 0 aromatic heterocycles. The van der Waals surface area contributed by atoms with E-state index in [9.17, 15) is 33.9 Å². The summed E-state index contributed by atoms with van der Waals surface area (Å²) >= 11 is 0. The number of fused-ring (bicyclic) bond motifs is 1. The normalized spacial score (nSPS) is 34.4. The standard InChI is InChI=1S/C36H66N6O8.C35H62N6O8.CH4/c1-13-30(45)36(9)31(42(34(46)50-36)17-15-14-16-39-40-37)27(7)38-21-22(2)20-35(8,47-12)32(26(6)29(44)18-23(3)43)49-33-25(5)28(41(10)11)19-24(4)48-33;1-12-28-35(8)30(41(33(44)49-35)16-14-13-15-38-39-36)25(6)37-20-21(2)19-34(7,45-11)31(24(5)27(42)18-29(43)47-28)48-32-23(4)26(40(9)10)17-22(3)46-32;/h22,24-28,30-33,38,45H,13-21H2,1-12H3;21-26,28,30-32,37H,12-20H2,1-11H3;1H4/t22-,24?,25?,26+,27-,28?,30-,31-,32-,33+,35-,36-;21-,22?,23?,24+,25-,26?,28-,30-,31-,32+,34-,35-;/m11./s1. The third-order valence-corrected chi connectivity index (χ3v) is 21.9. The molecule has 5 aliphatic rings. The molecule has 5 heterocycles. The fraction of sp³-hybridized carbons (Fsp3) is 0.917. The number of azide groups is 2. The highest BCUT2D eigenvalue weighted by Crippen LogP contribution is 2.43. The van der Waals surface area contributed by atoms with Gasteiger partial charge >= 0.3 is 18.2 Å². The van der Waals surface area contributed by atoms with Crippen LogP contribution in [0.25, 0.3) is 20.9 Å².